The topological polar surface area (TPSA) is 21.3 Å². The molecule has 2 nitrogen and oxygen atoms in total. The molecule has 1 saturated heterocycles. The van der Waals surface area contributed by atoms with E-state index in [0.717, 1.165) is 30.7 Å². The number of ether oxygens (including phenoxy) is 1. The fourth-order valence-electron chi connectivity index (χ4n) is 3.55. The molecular weight excluding hydrogens is 396 g/mol. The van der Waals surface area contributed by atoms with Gasteiger partial charge in [-0.1, -0.05) is 30.3 Å². The third-order valence-corrected chi connectivity index (χ3v) is 5.02. The molecular formula is C21H21F6NO. The third kappa shape index (κ3) is 5.30. The van der Waals surface area contributed by atoms with Crippen molar-refractivity contribution in [2.75, 3.05) is 6.54 Å². The first-order valence-electron chi connectivity index (χ1n) is 9.29. The molecule has 8 heteroatoms. The number of alkyl halides is 6. The maximum absolute atomic E-state index is 13.1. The predicted octanol–water partition coefficient (Wildman–Crippen LogP) is 6.30. The molecule has 3 atom stereocenters. The van der Waals surface area contributed by atoms with Crippen LogP contribution in [0.25, 0.3) is 0 Å². The minimum absolute atomic E-state index is 0.130. The molecule has 0 aliphatic carbocycles. The average Bonchev–Trinajstić information content (AvgIpc) is 2.67. The van der Waals surface area contributed by atoms with Gasteiger partial charge < -0.3 is 10.1 Å². The number of benzene rings is 2. The first-order chi connectivity index (χ1) is 13.6. The maximum atomic E-state index is 13.1. The molecule has 0 amide bonds. The first-order valence-corrected chi connectivity index (χ1v) is 9.29. The number of hydrogen-bond donors (Lipinski definition) is 1. The van der Waals surface area contributed by atoms with E-state index in [4.69, 9.17) is 4.74 Å². The van der Waals surface area contributed by atoms with Gasteiger partial charge in [0.1, 0.15) is 0 Å². The number of halogens is 6. The SMILES string of the molecule is CC(OC1CCCNC1c1ccccc1)c1cc(C(F)(F)F)cc(C(F)(F)F)c1. The van der Waals surface area contributed by atoms with Crippen LogP contribution in [0.15, 0.2) is 48.5 Å². The Hall–Kier alpha value is -2.06. The lowest BCUT2D eigenvalue weighted by molar-refractivity contribution is -0.143. The zero-order valence-corrected chi connectivity index (χ0v) is 15.6. The molecule has 1 aliphatic rings. The standard InChI is InChI=1S/C21H21F6NO/c1-13(15-10-16(20(22,23)24)12-17(11-15)21(25,26)27)29-18-8-5-9-28-19(18)14-6-3-2-4-7-14/h2-4,6-7,10-13,18-19,28H,5,8-9H2,1H3. The summed E-state index contributed by atoms with van der Waals surface area (Å²) in [5, 5.41) is 3.33. The van der Waals surface area contributed by atoms with Crippen molar-refractivity contribution in [3.63, 3.8) is 0 Å². The summed E-state index contributed by atoms with van der Waals surface area (Å²) >= 11 is 0. The summed E-state index contributed by atoms with van der Waals surface area (Å²) in [6.45, 7) is 2.24. The molecule has 2 aromatic carbocycles. The van der Waals surface area contributed by atoms with Crippen LogP contribution in [-0.4, -0.2) is 12.6 Å². The molecule has 3 unspecified atom stereocenters. The quantitative estimate of drug-likeness (QED) is 0.590. The van der Waals surface area contributed by atoms with Crippen LogP contribution < -0.4 is 5.32 Å². The van der Waals surface area contributed by atoms with Gasteiger partial charge in [0.2, 0.25) is 0 Å². The normalized spacial score (nSPS) is 21.8. The van der Waals surface area contributed by atoms with Gasteiger partial charge in [0, 0.05) is 0 Å². The monoisotopic (exact) mass is 417 g/mol. The van der Waals surface area contributed by atoms with Crippen molar-refractivity contribution in [3.05, 3.63) is 70.8 Å². The Morgan fingerprint density at radius 3 is 2.07 bits per heavy atom. The van der Waals surface area contributed by atoms with Gasteiger partial charge in [-0.25, -0.2) is 0 Å². The van der Waals surface area contributed by atoms with Crippen molar-refractivity contribution in [2.24, 2.45) is 0 Å². The fraction of sp³-hybridized carbons (Fsp3) is 0.429. The summed E-state index contributed by atoms with van der Waals surface area (Å²) in [5.41, 5.74) is -1.85. The molecule has 0 spiro atoms. The first kappa shape index (κ1) is 21.6. The van der Waals surface area contributed by atoms with Gasteiger partial charge in [-0.2, -0.15) is 26.3 Å². The smallest absolute Gasteiger partial charge is 0.369 e. The second kappa shape index (κ2) is 8.36. The van der Waals surface area contributed by atoms with Crippen LogP contribution in [0.2, 0.25) is 0 Å². The highest BCUT2D eigenvalue weighted by atomic mass is 19.4. The zero-order chi connectivity index (χ0) is 21.2. The van der Waals surface area contributed by atoms with Gasteiger partial charge in [-0.3, -0.25) is 0 Å². The van der Waals surface area contributed by atoms with E-state index < -0.39 is 29.6 Å². The molecule has 1 N–H and O–H groups in total. The van der Waals surface area contributed by atoms with Crippen LogP contribution in [0.3, 0.4) is 0 Å². The summed E-state index contributed by atoms with van der Waals surface area (Å²) in [6, 6.07) is 10.8. The Kier molecular flexibility index (Phi) is 6.24. The Bertz CT molecular complexity index is 786. The minimum atomic E-state index is -4.88. The Morgan fingerprint density at radius 2 is 1.52 bits per heavy atom. The average molecular weight is 417 g/mol. The predicted molar refractivity (Wildman–Crippen MR) is 96.2 cm³/mol. The van der Waals surface area contributed by atoms with Gasteiger partial charge >= 0.3 is 12.4 Å². The molecule has 0 aromatic heterocycles. The largest absolute Gasteiger partial charge is 0.416 e. The maximum Gasteiger partial charge on any atom is 0.416 e. The Labute approximate surface area is 164 Å². The molecule has 0 saturated carbocycles. The van der Waals surface area contributed by atoms with E-state index in [9.17, 15) is 26.3 Å². The fourth-order valence-corrected chi connectivity index (χ4v) is 3.55. The van der Waals surface area contributed by atoms with Crippen LogP contribution in [0.4, 0.5) is 26.3 Å². The van der Waals surface area contributed by atoms with Crippen molar-refractivity contribution in [3.8, 4) is 0 Å². The van der Waals surface area contributed by atoms with Crippen molar-refractivity contribution in [2.45, 2.75) is 50.4 Å². The lowest BCUT2D eigenvalue weighted by atomic mass is 9.94. The van der Waals surface area contributed by atoms with E-state index in [1.165, 1.54) is 6.92 Å². The van der Waals surface area contributed by atoms with Gasteiger partial charge in [-0.05, 0) is 55.6 Å². The Balaban J connectivity index is 1.88. The second-order valence-corrected chi connectivity index (χ2v) is 7.14. The van der Waals surface area contributed by atoms with Crippen LogP contribution in [0.5, 0.6) is 0 Å². The molecule has 1 aliphatic heterocycles. The van der Waals surface area contributed by atoms with Crippen LogP contribution in [0, 0.1) is 0 Å². The third-order valence-electron chi connectivity index (χ3n) is 5.02. The summed E-state index contributed by atoms with van der Waals surface area (Å²) in [4.78, 5) is 0. The molecule has 2 aromatic rings. The molecule has 3 rings (SSSR count). The van der Waals surface area contributed by atoms with Crippen molar-refractivity contribution >= 4 is 0 Å². The van der Waals surface area contributed by atoms with Crippen LogP contribution in [0.1, 0.15) is 54.2 Å². The van der Waals surface area contributed by atoms with Crippen molar-refractivity contribution < 1.29 is 31.1 Å². The summed E-state index contributed by atoms with van der Waals surface area (Å²) in [7, 11) is 0. The molecule has 29 heavy (non-hydrogen) atoms. The van der Waals surface area contributed by atoms with E-state index >= 15 is 0 Å². The van der Waals surface area contributed by atoms with E-state index in [2.05, 4.69) is 5.32 Å². The minimum Gasteiger partial charge on any atom is -0.369 e. The Morgan fingerprint density at radius 1 is 0.931 bits per heavy atom. The van der Waals surface area contributed by atoms with Gasteiger partial charge in [0.15, 0.2) is 0 Å². The highest BCUT2D eigenvalue weighted by molar-refractivity contribution is 5.34. The highest BCUT2D eigenvalue weighted by Gasteiger charge is 2.38. The van der Waals surface area contributed by atoms with Crippen LogP contribution in [-0.2, 0) is 17.1 Å². The highest BCUT2D eigenvalue weighted by Crippen LogP contribution is 2.39. The summed E-state index contributed by atoms with van der Waals surface area (Å²) in [5.74, 6) is 0. The molecule has 158 valence electrons. The molecule has 1 fully saturated rings. The number of hydrogen-bond acceptors (Lipinski definition) is 2. The number of nitrogens with one attached hydrogen (secondary N) is 1. The molecule has 1 heterocycles. The van der Waals surface area contributed by atoms with E-state index in [1.54, 1.807) is 0 Å². The zero-order valence-electron chi connectivity index (χ0n) is 15.6. The molecule has 0 radical (unpaired) electrons. The summed E-state index contributed by atoms with van der Waals surface area (Å²) in [6.07, 6.45) is -9.61. The van der Waals surface area contributed by atoms with Gasteiger partial charge in [0.05, 0.1) is 29.4 Å². The number of piperidine rings is 1. The van der Waals surface area contributed by atoms with E-state index in [-0.39, 0.29) is 23.8 Å². The van der Waals surface area contributed by atoms with Crippen LogP contribution >= 0.6 is 0 Å². The van der Waals surface area contributed by atoms with Gasteiger partial charge in [0.25, 0.3) is 0 Å². The summed E-state index contributed by atoms with van der Waals surface area (Å²) < 4.78 is 84.7. The van der Waals surface area contributed by atoms with Gasteiger partial charge in [-0.15, -0.1) is 0 Å². The lowest BCUT2D eigenvalue weighted by Crippen LogP contribution is -2.39. The van der Waals surface area contributed by atoms with Crippen molar-refractivity contribution in [1.29, 1.82) is 0 Å². The molecule has 0 bridgehead atoms. The van der Waals surface area contributed by atoms with Crippen molar-refractivity contribution in [1.82, 2.24) is 5.32 Å². The van der Waals surface area contributed by atoms with E-state index in [0.29, 0.717) is 6.42 Å². The second-order valence-electron chi connectivity index (χ2n) is 7.14. The van der Waals surface area contributed by atoms with E-state index in [1.807, 2.05) is 30.3 Å². The number of rotatable bonds is 4. The lowest BCUT2D eigenvalue weighted by Gasteiger charge is -2.35.